The number of piperidine rings is 1. The number of hydrogen-bond donors (Lipinski definition) is 2. The lowest BCUT2D eigenvalue weighted by molar-refractivity contribution is -0.126. The Balaban J connectivity index is 1.62. The molecular formula is C20H25BrN4O4S. The van der Waals surface area contributed by atoms with Gasteiger partial charge in [0.05, 0.1) is 6.04 Å². The summed E-state index contributed by atoms with van der Waals surface area (Å²) in [5.41, 5.74) is 6.39. The molecule has 1 aromatic heterocycles. The second kappa shape index (κ2) is 8.91. The summed E-state index contributed by atoms with van der Waals surface area (Å²) in [6.45, 7) is 2.40. The molecule has 1 atom stereocenters. The van der Waals surface area contributed by atoms with E-state index in [0.29, 0.717) is 12.8 Å². The smallest absolute Gasteiger partial charge is 0.265 e. The van der Waals surface area contributed by atoms with E-state index in [2.05, 4.69) is 21.2 Å². The van der Waals surface area contributed by atoms with Crippen molar-refractivity contribution in [2.24, 2.45) is 18.7 Å². The molecule has 1 aliphatic heterocycles. The molecule has 0 radical (unpaired) electrons. The van der Waals surface area contributed by atoms with Crippen molar-refractivity contribution in [3.8, 4) is 0 Å². The number of amides is 2. The van der Waals surface area contributed by atoms with Crippen LogP contribution in [0, 0.1) is 5.92 Å². The summed E-state index contributed by atoms with van der Waals surface area (Å²) in [5.74, 6) is -1.02. The fourth-order valence-corrected chi connectivity index (χ4v) is 5.83. The van der Waals surface area contributed by atoms with E-state index in [1.807, 2.05) is 31.2 Å². The number of benzene rings is 1. The number of nitrogens with two attached hydrogens (primary N) is 1. The highest BCUT2D eigenvalue weighted by molar-refractivity contribution is 9.10. The lowest BCUT2D eigenvalue weighted by atomic mass is 9.96. The van der Waals surface area contributed by atoms with Crippen molar-refractivity contribution < 1.29 is 18.0 Å². The molecule has 162 valence electrons. The monoisotopic (exact) mass is 496 g/mol. The quantitative estimate of drug-likeness (QED) is 0.637. The molecule has 3 N–H and O–H groups in total. The molecule has 0 bridgehead atoms. The fourth-order valence-electron chi connectivity index (χ4n) is 3.66. The second-order valence-corrected chi connectivity index (χ2v) is 10.3. The van der Waals surface area contributed by atoms with Gasteiger partial charge in [0.2, 0.25) is 15.9 Å². The van der Waals surface area contributed by atoms with Crippen molar-refractivity contribution >= 4 is 37.8 Å². The zero-order valence-corrected chi connectivity index (χ0v) is 19.2. The van der Waals surface area contributed by atoms with Crippen LogP contribution in [0.3, 0.4) is 0 Å². The van der Waals surface area contributed by atoms with E-state index in [4.69, 9.17) is 5.73 Å². The number of halogens is 1. The van der Waals surface area contributed by atoms with Crippen molar-refractivity contribution in [2.75, 3.05) is 13.1 Å². The average Bonchev–Trinajstić information content (AvgIpc) is 3.11. The lowest BCUT2D eigenvalue weighted by Crippen LogP contribution is -2.43. The maximum atomic E-state index is 12.9. The van der Waals surface area contributed by atoms with Crippen LogP contribution in [0.4, 0.5) is 0 Å². The van der Waals surface area contributed by atoms with Gasteiger partial charge >= 0.3 is 0 Å². The number of hydrogen-bond acceptors (Lipinski definition) is 4. The molecule has 30 heavy (non-hydrogen) atoms. The lowest BCUT2D eigenvalue weighted by Gasteiger charge is -2.31. The third-order valence-corrected chi connectivity index (χ3v) is 8.01. The maximum Gasteiger partial charge on any atom is 0.265 e. The number of carbonyl (C=O) groups excluding carboxylic acids is 2. The van der Waals surface area contributed by atoms with Crippen LogP contribution in [0.15, 0.2) is 45.9 Å². The first-order chi connectivity index (χ1) is 14.1. The molecule has 0 spiro atoms. The first-order valence-corrected chi connectivity index (χ1v) is 11.9. The molecule has 3 rings (SSSR count). The first-order valence-electron chi connectivity index (χ1n) is 9.62. The predicted octanol–water partition coefficient (Wildman–Crippen LogP) is 2.16. The molecule has 1 aromatic carbocycles. The Morgan fingerprint density at radius 3 is 2.43 bits per heavy atom. The molecule has 2 aromatic rings. The molecule has 0 unspecified atom stereocenters. The Hall–Kier alpha value is -2.17. The predicted molar refractivity (Wildman–Crippen MR) is 116 cm³/mol. The Morgan fingerprint density at radius 1 is 1.23 bits per heavy atom. The summed E-state index contributed by atoms with van der Waals surface area (Å²) >= 11 is 3.50. The van der Waals surface area contributed by atoms with Crippen molar-refractivity contribution in [1.82, 2.24) is 14.2 Å². The normalized spacial score (nSPS) is 16.9. The molecule has 0 aliphatic carbocycles. The van der Waals surface area contributed by atoms with Crippen LogP contribution in [0.5, 0.6) is 0 Å². The minimum atomic E-state index is -3.75. The molecule has 1 fully saturated rings. The van der Waals surface area contributed by atoms with Gasteiger partial charge in [-0.3, -0.25) is 9.59 Å². The van der Waals surface area contributed by atoms with Gasteiger partial charge in [-0.25, -0.2) is 8.42 Å². The average molecular weight is 497 g/mol. The van der Waals surface area contributed by atoms with Gasteiger partial charge in [-0.1, -0.05) is 34.1 Å². The van der Waals surface area contributed by atoms with Gasteiger partial charge in [-0.2, -0.15) is 4.31 Å². The Labute approximate surface area is 184 Å². The largest absolute Gasteiger partial charge is 0.364 e. The molecule has 2 amide bonds. The van der Waals surface area contributed by atoms with Gasteiger partial charge in [0.25, 0.3) is 5.91 Å². The van der Waals surface area contributed by atoms with E-state index in [-0.39, 0.29) is 41.5 Å². The van der Waals surface area contributed by atoms with E-state index < -0.39 is 15.9 Å². The molecule has 10 heteroatoms. The summed E-state index contributed by atoms with van der Waals surface area (Å²) in [5, 5.41) is 3.02. The van der Waals surface area contributed by atoms with Gasteiger partial charge < -0.3 is 15.6 Å². The number of primary amides is 1. The van der Waals surface area contributed by atoms with Gasteiger partial charge in [0.1, 0.15) is 10.6 Å². The first kappa shape index (κ1) is 22.5. The van der Waals surface area contributed by atoms with Crippen molar-refractivity contribution in [2.45, 2.75) is 30.7 Å². The Kier molecular flexibility index (Phi) is 6.68. The number of sulfonamides is 1. The van der Waals surface area contributed by atoms with Gasteiger partial charge in [0, 0.05) is 36.7 Å². The molecule has 0 saturated carbocycles. The zero-order valence-electron chi connectivity index (χ0n) is 16.8. The van der Waals surface area contributed by atoms with Gasteiger partial charge in [-0.05, 0) is 37.5 Å². The van der Waals surface area contributed by atoms with Crippen LogP contribution in [0.2, 0.25) is 0 Å². The van der Waals surface area contributed by atoms with E-state index in [0.717, 1.165) is 10.0 Å². The minimum Gasteiger partial charge on any atom is -0.364 e. The van der Waals surface area contributed by atoms with Crippen LogP contribution in [-0.2, 0) is 21.9 Å². The number of nitrogens with one attached hydrogen (secondary N) is 1. The molecule has 1 aliphatic rings. The summed E-state index contributed by atoms with van der Waals surface area (Å²) in [6, 6.07) is 8.83. The number of aryl methyl sites for hydroxylation is 1. The fraction of sp³-hybridized carbons (Fsp3) is 0.400. The molecule has 2 heterocycles. The SMILES string of the molecule is C[C@@H](NC(=O)C1CCN(S(=O)(=O)c2cc(C(N)=O)n(C)c2)CC1)c1ccccc1Br. The Morgan fingerprint density at radius 2 is 1.87 bits per heavy atom. The number of aromatic nitrogens is 1. The number of carbonyl (C=O) groups is 2. The molecule has 8 nitrogen and oxygen atoms in total. The third kappa shape index (κ3) is 4.60. The van der Waals surface area contributed by atoms with Gasteiger partial charge in [-0.15, -0.1) is 0 Å². The summed E-state index contributed by atoms with van der Waals surface area (Å²) in [7, 11) is -2.18. The summed E-state index contributed by atoms with van der Waals surface area (Å²) < 4.78 is 29.5. The van der Waals surface area contributed by atoms with E-state index in [9.17, 15) is 18.0 Å². The second-order valence-electron chi connectivity index (χ2n) is 7.47. The number of rotatable bonds is 6. The minimum absolute atomic E-state index is 0.0317. The molecular weight excluding hydrogens is 472 g/mol. The van der Waals surface area contributed by atoms with Gasteiger partial charge in [0.15, 0.2) is 0 Å². The van der Waals surface area contributed by atoms with Crippen LogP contribution in [-0.4, -0.2) is 42.2 Å². The Bertz CT molecular complexity index is 1060. The number of nitrogens with zero attached hydrogens (tertiary/aromatic N) is 2. The topological polar surface area (TPSA) is 114 Å². The highest BCUT2D eigenvalue weighted by Crippen LogP contribution is 2.27. The highest BCUT2D eigenvalue weighted by atomic mass is 79.9. The molecule has 1 saturated heterocycles. The van der Waals surface area contributed by atoms with E-state index in [1.54, 1.807) is 7.05 Å². The van der Waals surface area contributed by atoms with Crippen LogP contribution >= 0.6 is 15.9 Å². The van der Waals surface area contributed by atoms with Crippen molar-refractivity contribution in [1.29, 1.82) is 0 Å². The van der Waals surface area contributed by atoms with Crippen LogP contribution < -0.4 is 11.1 Å². The van der Waals surface area contributed by atoms with E-state index in [1.165, 1.54) is 21.1 Å². The van der Waals surface area contributed by atoms with Crippen molar-refractivity contribution in [3.63, 3.8) is 0 Å². The third-order valence-electron chi connectivity index (χ3n) is 5.43. The maximum absolute atomic E-state index is 12.9. The summed E-state index contributed by atoms with van der Waals surface area (Å²) in [4.78, 5) is 24.1. The zero-order chi connectivity index (χ0) is 22.1. The van der Waals surface area contributed by atoms with E-state index >= 15 is 0 Å². The summed E-state index contributed by atoms with van der Waals surface area (Å²) in [6.07, 6.45) is 2.25. The highest BCUT2D eigenvalue weighted by Gasteiger charge is 2.33. The van der Waals surface area contributed by atoms with Crippen molar-refractivity contribution in [3.05, 3.63) is 52.3 Å². The van der Waals surface area contributed by atoms with Crippen LogP contribution in [0.25, 0.3) is 0 Å². The van der Waals surface area contributed by atoms with Crippen LogP contribution in [0.1, 0.15) is 41.9 Å². The standard InChI is InChI=1S/C20H25BrN4O4S/c1-13(16-5-3-4-6-17(16)21)23-20(27)14-7-9-25(10-8-14)30(28,29)15-11-18(19(22)26)24(2)12-15/h3-6,11-14H,7-10H2,1-2H3,(H2,22,26)(H,23,27)/t13-/m1/s1.